The summed E-state index contributed by atoms with van der Waals surface area (Å²) in [5.41, 5.74) is 2.37. The molecule has 0 saturated carbocycles. The van der Waals surface area contributed by atoms with E-state index in [0.717, 1.165) is 43.7 Å². The van der Waals surface area contributed by atoms with E-state index in [1.54, 1.807) is 22.9 Å². The molecule has 6 nitrogen and oxygen atoms in total. The first kappa shape index (κ1) is 19.3. The standard InChI is InChI=1S/C21H28N4O2S/c1-2-3-14-28(26,27)25-16-18-6-4-5-7-19(18)21(17-25)8-12-24(13-9-21)20-15-22-10-11-23-20/h4-7,10-11,15H,2-3,8-9,12-14,16-17H2,1H3. The molecule has 1 fully saturated rings. The summed E-state index contributed by atoms with van der Waals surface area (Å²) in [6, 6.07) is 8.39. The molecule has 0 unspecified atom stereocenters. The minimum absolute atomic E-state index is 0.118. The lowest BCUT2D eigenvalue weighted by Crippen LogP contribution is -2.53. The van der Waals surface area contributed by atoms with Gasteiger partial charge in [-0.3, -0.25) is 4.98 Å². The number of aromatic nitrogens is 2. The number of sulfonamides is 1. The van der Waals surface area contributed by atoms with E-state index in [1.165, 1.54) is 5.56 Å². The molecule has 0 radical (unpaired) electrons. The maximum atomic E-state index is 13.0. The van der Waals surface area contributed by atoms with Gasteiger partial charge in [-0.15, -0.1) is 0 Å². The average Bonchev–Trinajstić information content (AvgIpc) is 2.73. The van der Waals surface area contributed by atoms with Crippen molar-refractivity contribution in [1.29, 1.82) is 0 Å². The summed E-state index contributed by atoms with van der Waals surface area (Å²) in [5.74, 6) is 1.14. The molecule has 0 amide bonds. The van der Waals surface area contributed by atoms with Crippen molar-refractivity contribution in [2.24, 2.45) is 0 Å². The zero-order valence-corrected chi connectivity index (χ0v) is 17.2. The largest absolute Gasteiger partial charge is 0.355 e. The number of unbranched alkanes of at least 4 members (excludes halogenated alkanes) is 1. The molecule has 2 aromatic rings. The van der Waals surface area contributed by atoms with Gasteiger partial charge >= 0.3 is 0 Å². The average molecular weight is 401 g/mol. The van der Waals surface area contributed by atoms with Crippen LogP contribution in [-0.4, -0.2) is 48.1 Å². The molecule has 0 N–H and O–H groups in total. The van der Waals surface area contributed by atoms with Crippen molar-refractivity contribution in [2.75, 3.05) is 30.3 Å². The first-order valence-electron chi connectivity index (χ1n) is 10.1. The van der Waals surface area contributed by atoms with Crippen molar-refractivity contribution < 1.29 is 8.42 Å². The van der Waals surface area contributed by atoms with Gasteiger partial charge in [0.2, 0.25) is 10.0 Å². The lowest BCUT2D eigenvalue weighted by Gasteiger charge is -2.48. The van der Waals surface area contributed by atoms with Crippen LogP contribution in [0, 0.1) is 0 Å². The second kappa shape index (κ2) is 7.79. The minimum Gasteiger partial charge on any atom is -0.355 e. The molecule has 4 rings (SSSR count). The molecule has 2 aliphatic heterocycles. The summed E-state index contributed by atoms with van der Waals surface area (Å²) in [6.07, 6.45) is 8.65. The van der Waals surface area contributed by atoms with E-state index in [0.29, 0.717) is 19.5 Å². The van der Waals surface area contributed by atoms with Crippen molar-refractivity contribution in [1.82, 2.24) is 14.3 Å². The number of anilines is 1. The second-order valence-corrected chi connectivity index (χ2v) is 10.0. The Morgan fingerprint density at radius 1 is 1.14 bits per heavy atom. The molecule has 0 aliphatic carbocycles. The molecule has 150 valence electrons. The first-order valence-corrected chi connectivity index (χ1v) is 11.7. The molecule has 1 aromatic carbocycles. The molecule has 2 aliphatic rings. The SMILES string of the molecule is CCCCS(=O)(=O)N1Cc2ccccc2C2(CCN(c3cnccn3)CC2)C1. The Hall–Kier alpha value is -1.99. The zero-order valence-electron chi connectivity index (χ0n) is 16.4. The highest BCUT2D eigenvalue weighted by atomic mass is 32.2. The predicted octanol–water partition coefficient (Wildman–Crippen LogP) is 2.96. The van der Waals surface area contributed by atoms with Gasteiger partial charge in [0.05, 0.1) is 11.9 Å². The Morgan fingerprint density at radius 2 is 1.93 bits per heavy atom. The normalized spacial score (nSPS) is 19.5. The summed E-state index contributed by atoms with van der Waals surface area (Å²) in [7, 11) is -3.23. The molecular weight excluding hydrogens is 372 g/mol. The number of hydrogen-bond acceptors (Lipinski definition) is 5. The number of piperidine rings is 1. The molecule has 0 bridgehead atoms. The third-order valence-corrected chi connectivity index (χ3v) is 8.01. The van der Waals surface area contributed by atoms with Gasteiger partial charge in [-0.05, 0) is 30.4 Å². The van der Waals surface area contributed by atoms with Crippen molar-refractivity contribution in [3.8, 4) is 0 Å². The lowest BCUT2D eigenvalue weighted by atomic mass is 9.69. The second-order valence-electron chi connectivity index (χ2n) is 7.93. The minimum atomic E-state index is -3.23. The monoisotopic (exact) mass is 400 g/mol. The maximum Gasteiger partial charge on any atom is 0.214 e. The van der Waals surface area contributed by atoms with Crippen LogP contribution in [0.2, 0.25) is 0 Å². The van der Waals surface area contributed by atoms with Crippen LogP contribution < -0.4 is 4.90 Å². The fourth-order valence-corrected chi connectivity index (χ4v) is 6.23. The van der Waals surface area contributed by atoms with Crippen molar-refractivity contribution in [3.05, 3.63) is 54.0 Å². The van der Waals surface area contributed by atoms with E-state index >= 15 is 0 Å². The summed E-state index contributed by atoms with van der Waals surface area (Å²) < 4.78 is 27.7. The maximum absolute atomic E-state index is 13.0. The van der Waals surface area contributed by atoms with Crippen LogP contribution in [0.5, 0.6) is 0 Å². The van der Waals surface area contributed by atoms with Gasteiger partial charge in [-0.1, -0.05) is 37.6 Å². The van der Waals surface area contributed by atoms with Crippen molar-refractivity contribution in [2.45, 2.75) is 44.6 Å². The van der Waals surface area contributed by atoms with Gasteiger partial charge in [0.15, 0.2) is 0 Å². The highest BCUT2D eigenvalue weighted by Crippen LogP contribution is 2.43. The number of hydrogen-bond donors (Lipinski definition) is 0. The molecule has 0 atom stereocenters. The van der Waals surface area contributed by atoms with Crippen LogP contribution in [0.15, 0.2) is 42.9 Å². The van der Waals surface area contributed by atoms with Gasteiger partial charge in [-0.2, -0.15) is 4.31 Å². The predicted molar refractivity (Wildman–Crippen MR) is 111 cm³/mol. The Kier molecular flexibility index (Phi) is 5.38. The summed E-state index contributed by atoms with van der Waals surface area (Å²) in [5, 5.41) is 0. The van der Waals surface area contributed by atoms with Crippen LogP contribution in [-0.2, 0) is 22.0 Å². The highest BCUT2D eigenvalue weighted by Gasteiger charge is 2.44. The molecule has 3 heterocycles. The highest BCUT2D eigenvalue weighted by molar-refractivity contribution is 7.89. The number of rotatable bonds is 5. The van der Waals surface area contributed by atoms with Crippen LogP contribution >= 0.6 is 0 Å². The Balaban J connectivity index is 1.61. The molecule has 1 saturated heterocycles. The van der Waals surface area contributed by atoms with E-state index in [4.69, 9.17) is 0 Å². The Labute approximate surface area is 167 Å². The fourth-order valence-electron chi connectivity index (χ4n) is 4.54. The quantitative estimate of drug-likeness (QED) is 0.772. The first-order chi connectivity index (χ1) is 13.5. The molecular formula is C21H28N4O2S. The topological polar surface area (TPSA) is 66.4 Å². The van der Waals surface area contributed by atoms with E-state index in [9.17, 15) is 8.42 Å². The van der Waals surface area contributed by atoms with Crippen LogP contribution in [0.4, 0.5) is 5.82 Å². The van der Waals surface area contributed by atoms with Gasteiger partial charge < -0.3 is 4.90 Å². The lowest BCUT2D eigenvalue weighted by molar-refractivity contribution is 0.225. The molecule has 7 heteroatoms. The number of benzene rings is 1. The van der Waals surface area contributed by atoms with Crippen molar-refractivity contribution >= 4 is 15.8 Å². The van der Waals surface area contributed by atoms with Crippen LogP contribution in [0.1, 0.15) is 43.7 Å². The van der Waals surface area contributed by atoms with Gasteiger partial charge in [0.1, 0.15) is 5.82 Å². The van der Waals surface area contributed by atoms with Gasteiger partial charge in [0, 0.05) is 44.0 Å². The van der Waals surface area contributed by atoms with Crippen LogP contribution in [0.3, 0.4) is 0 Å². The van der Waals surface area contributed by atoms with E-state index in [-0.39, 0.29) is 11.2 Å². The van der Waals surface area contributed by atoms with E-state index < -0.39 is 10.0 Å². The summed E-state index contributed by atoms with van der Waals surface area (Å²) >= 11 is 0. The van der Waals surface area contributed by atoms with Gasteiger partial charge in [-0.25, -0.2) is 13.4 Å². The van der Waals surface area contributed by atoms with Crippen molar-refractivity contribution in [3.63, 3.8) is 0 Å². The Morgan fingerprint density at radius 3 is 2.64 bits per heavy atom. The fraction of sp³-hybridized carbons (Fsp3) is 0.524. The smallest absolute Gasteiger partial charge is 0.214 e. The Bertz CT molecular complexity index is 909. The van der Waals surface area contributed by atoms with Gasteiger partial charge in [0.25, 0.3) is 0 Å². The summed E-state index contributed by atoms with van der Waals surface area (Å²) in [6.45, 7) is 4.83. The van der Waals surface area contributed by atoms with E-state index in [1.807, 2.05) is 13.0 Å². The number of fused-ring (bicyclic) bond motifs is 2. The summed E-state index contributed by atoms with van der Waals surface area (Å²) in [4.78, 5) is 10.9. The van der Waals surface area contributed by atoms with Crippen LogP contribution in [0.25, 0.3) is 0 Å². The molecule has 28 heavy (non-hydrogen) atoms. The third kappa shape index (κ3) is 3.65. The molecule has 1 aromatic heterocycles. The van der Waals surface area contributed by atoms with E-state index in [2.05, 4.69) is 33.1 Å². The molecule has 1 spiro atoms. The third-order valence-electron chi connectivity index (χ3n) is 6.16. The zero-order chi connectivity index (χ0) is 19.6. The number of nitrogens with zero attached hydrogens (tertiary/aromatic N) is 4.